The summed E-state index contributed by atoms with van der Waals surface area (Å²) in [5, 5.41) is 9.38. The molecule has 1 atom stereocenters. The first-order valence-electron chi connectivity index (χ1n) is 6.35. The van der Waals surface area contributed by atoms with Gasteiger partial charge in [0.15, 0.2) is 0 Å². The fourth-order valence-electron chi connectivity index (χ4n) is 2.18. The number of carboxylic acid groups (broad SMARTS) is 1. The third kappa shape index (κ3) is 3.65. The Balaban J connectivity index is 2.11. The van der Waals surface area contributed by atoms with E-state index in [0.717, 1.165) is 23.1 Å². The molecule has 1 aromatic carbocycles. The molecule has 0 radical (unpaired) electrons. The second kappa shape index (κ2) is 6.14. The summed E-state index contributed by atoms with van der Waals surface area (Å²) in [5.41, 5.74) is 3.03. The van der Waals surface area contributed by atoms with Gasteiger partial charge in [-0.25, -0.2) is 0 Å². The number of hydrogen-bond donors (Lipinski definition) is 1. The summed E-state index contributed by atoms with van der Waals surface area (Å²) in [5.74, 6) is -1.23. The number of pyridine rings is 1. The summed E-state index contributed by atoms with van der Waals surface area (Å²) >= 11 is 0. The van der Waals surface area contributed by atoms with E-state index in [1.807, 2.05) is 43.3 Å². The van der Waals surface area contributed by atoms with E-state index in [2.05, 4.69) is 4.98 Å². The predicted molar refractivity (Wildman–Crippen MR) is 74.1 cm³/mol. The summed E-state index contributed by atoms with van der Waals surface area (Å²) < 4.78 is 0. The standard InChI is InChI=1S/C16H17NO2/c1-12-4-2-6-14(10-12)15(16(18)19)8-7-13-5-3-9-17-11-13/h2-6,9-11,15H,7-8H2,1H3,(H,18,19). The first-order chi connectivity index (χ1) is 9.16. The van der Waals surface area contributed by atoms with Crippen LogP contribution in [-0.4, -0.2) is 16.1 Å². The zero-order chi connectivity index (χ0) is 13.7. The lowest BCUT2D eigenvalue weighted by Crippen LogP contribution is -2.12. The van der Waals surface area contributed by atoms with Crippen LogP contribution in [0.3, 0.4) is 0 Å². The van der Waals surface area contributed by atoms with E-state index in [0.29, 0.717) is 6.42 Å². The molecule has 0 spiro atoms. The Bertz CT molecular complexity index is 552. The van der Waals surface area contributed by atoms with Crippen molar-refractivity contribution in [3.8, 4) is 0 Å². The molecule has 1 heterocycles. The molecule has 0 saturated carbocycles. The second-order valence-corrected chi connectivity index (χ2v) is 4.70. The summed E-state index contributed by atoms with van der Waals surface area (Å²) in [6.45, 7) is 1.98. The molecule has 3 heteroatoms. The van der Waals surface area contributed by atoms with E-state index in [1.165, 1.54) is 0 Å². The Labute approximate surface area is 112 Å². The molecule has 0 bridgehead atoms. The van der Waals surface area contributed by atoms with Crippen LogP contribution in [0.15, 0.2) is 48.8 Å². The minimum absolute atomic E-state index is 0.458. The van der Waals surface area contributed by atoms with Gasteiger partial charge in [0, 0.05) is 12.4 Å². The van der Waals surface area contributed by atoms with Gasteiger partial charge in [0.2, 0.25) is 0 Å². The highest BCUT2D eigenvalue weighted by Crippen LogP contribution is 2.23. The van der Waals surface area contributed by atoms with Gasteiger partial charge in [0.25, 0.3) is 0 Å². The van der Waals surface area contributed by atoms with Crippen LogP contribution in [0.25, 0.3) is 0 Å². The Kier molecular flexibility index (Phi) is 4.29. The van der Waals surface area contributed by atoms with Crippen molar-refractivity contribution >= 4 is 5.97 Å². The monoisotopic (exact) mass is 255 g/mol. The summed E-state index contributed by atoms with van der Waals surface area (Å²) in [6.07, 6.45) is 4.82. The molecule has 98 valence electrons. The fourth-order valence-corrected chi connectivity index (χ4v) is 2.18. The van der Waals surface area contributed by atoms with Crippen LogP contribution >= 0.6 is 0 Å². The number of aryl methyl sites for hydroxylation is 2. The second-order valence-electron chi connectivity index (χ2n) is 4.70. The smallest absolute Gasteiger partial charge is 0.310 e. The lowest BCUT2D eigenvalue weighted by Gasteiger charge is -2.13. The molecular formula is C16H17NO2. The fraction of sp³-hybridized carbons (Fsp3) is 0.250. The van der Waals surface area contributed by atoms with Gasteiger partial charge in [-0.05, 0) is 37.0 Å². The van der Waals surface area contributed by atoms with Crippen LogP contribution in [0.5, 0.6) is 0 Å². The minimum atomic E-state index is -0.769. The van der Waals surface area contributed by atoms with Crippen molar-refractivity contribution in [1.82, 2.24) is 4.98 Å². The number of nitrogens with zero attached hydrogens (tertiary/aromatic N) is 1. The maximum Gasteiger partial charge on any atom is 0.310 e. The zero-order valence-corrected chi connectivity index (χ0v) is 10.9. The van der Waals surface area contributed by atoms with Gasteiger partial charge in [0.1, 0.15) is 0 Å². The lowest BCUT2D eigenvalue weighted by atomic mass is 9.92. The zero-order valence-electron chi connectivity index (χ0n) is 10.9. The number of carboxylic acids is 1. The van der Waals surface area contributed by atoms with Gasteiger partial charge in [-0.1, -0.05) is 35.9 Å². The average Bonchev–Trinajstić information content (AvgIpc) is 2.40. The van der Waals surface area contributed by atoms with Crippen molar-refractivity contribution in [2.75, 3.05) is 0 Å². The van der Waals surface area contributed by atoms with Crippen LogP contribution in [0.1, 0.15) is 29.0 Å². The van der Waals surface area contributed by atoms with Crippen molar-refractivity contribution < 1.29 is 9.90 Å². The Hall–Kier alpha value is -2.16. The Morgan fingerprint density at radius 2 is 2.16 bits per heavy atom. The highest BCUT2D eigenvalue weighted by atomic mass is 16.4. The van der Waals surface area contributed by atoms with Crippen molar-refractivity contribution in [3.05, 3.63) is 65.5 Å². The first kappa shape index (κ1) is 13.3. The molecule has 0 fully saturated rings. The largest absolute Gasteiger partial charge is 0.481 e. The van der Waals surface area contributed by atoms with E-state index in [9.17, 15) is 9.90 Å². The molecule has 0 amide bonds. The third-order valence-electron chi connectivity index (χ3n) is 3.19. The van der Waals surface area contributed by atoms with Crippen LogP contribution in [0, 0.1) is 6.92 Å². The highest BCUT2D eigenvalue weighted by Gasteiger charge is 2.19. The van der Waals surface area contributed by atoms with Crippen LogP contribution in [0.2, 0.25) is 0 Å². The number of hydrogen-bond acceptors (Lipinski definition) is 2. The maximum absolute atomic E-state index is 11.4. The van der Waals surface area contributed by atoms with Crippen LogP contribution < -0.4 is 0 Å². The van der Waals surface area contributed by atoms with Crippen molar-refractivity contribution in [1.29, 1.82) is 0 Å². The van der Waals surface area contributed by atoms with E-state index in [1.54, 1.807) is 12.4 Å². The first-order valence-corrected chi connectivity index (χ1v) is 6.35. The summed E-state index contributed by atoms with van der Waals surface area (Å²) in [6, 6.07) is 11.6. The molecule has 3 nitrogen and oxygen atoms in total. The van der Waals surface area contributed by atoms with Gasteiger partial charge in [-0.15, -0.1) is 0 Å². The molecule has 1 N–H and O–H groups in total. The van der Waals surface area contributed by atoms with Crippen molar-refractivity contribution in [3.63, 3.8) is 0 Å². The number of aliphatic carboxylic acids is 1. The van der Waals surface area contributed by atoms with Gasteiger partial charge >= 0.3 is 5.97 Å². The van der Waals surface area contributed by atoms with E-state index in [-0.39, 0.29) is 0 Å². The minimum Gasteiger partial charge on any atom is -0.481 e. The molecule has 0 aliphatic rings. The molecule has 19 heavy (non-hydrogen) atoms. The molecule has 0 aliphatic carbocycles. The number of benzene rings is 1. The third-order valence-corrected chi connectivity index (χ3v) is 3.19. The highest BCUT2D eigenvalue weighted by molar-refractivity contribution is 5.76. The van der Waals surface area contributed by atoms with Gasteiger partial charge in [-0.2, -0.15) is 0 Å². The van der Waals surface area contributed by atoms with Crippen LogP contribution in [0.4, 0.5) is 0 Å². The SMILES string of the molecule is Cc1cccc(C(CCc2cccnc2)C(=O)O)c1. The quantitative estimate of drug-likeness (QED) is 0.892. The topological polar surface area (TPSA) is 50.2 Å². The number of rotatable bonds is 5. The molecular weight excluding hydrogens is 238 g/mol. The maximum atomic E-state index is 11.4. The predicted octanol–water partition coefficient (Wildman–Crippen LogP) is 3.19. The average molecular weight is 255 g/mol. The lowest BCUT2D eigenvalue weighted by molar-refractivity contribution is -0.138. The van der Waals surface area contributed by atoms with Crippen molar-refractivity contribution in [2.24, 2.45) is 0 Å². The molecule has 2 rings (SSSR count). The van der Waals surface area contributed by atoms with E-state index >= 15 is 0 Å². The number of aromatic nitrogens is 1. The summed E-state index contributed by atoms with van der Waals surface area (Å²) in [4.78, 5) is 15.5. The molecule has 2 aromatic rings. The van der Waals surface area contributed by atoms with Gasteiger partial charge in [-0.3, -0.25) is 9.78 Å². The molecule has 1 unspecified atom stereocenters. The van der Waals surface area contributed by atoms with Crippen molar-refractivity contribution in [2.45, 2.75) is 25.7 Å². The summed E-state index contributed by atoms with van der Waals surface area (Å²) in [7, 11) is 0. The van der Waals surface area contributed by atoms with E-state index < -0.39 is 11.9 Å². The molecule has 0 saturated heterocycles. The van der Waals surface area contributed by atoms with Crippen LogP contribution in [-0.2, 0) is 11.2 Å². The normalized spacial score (nSPS) is 12.1. The Morgan fingerprint density at radius 3 is 2.79 bits per heavy atom. The Morgan fingerprint density at radius 1 is 1.32 bits per heavy atom. The molecule has 1 aromatic heterocycles. The number of carbonyl (C=O) groups is 1. The molecule has 0 aliphatic heterocycles. The van der Waals surface area contributed by atoms with E-state index in [4.69, 9.17) is 0 Å². The van der Waals surface area contributed by atoms with Gasteiger partial charge in [0.05, 0.1) is 5.92 Å². The van der Waals surface area contributed by atoms with Gasteiger partial charge < -0.3 is 5.11 Å².